The van der Waals surface area contributed by atoms with E-state index in [4.69, 9.17) is 0 Å². The van der Waals surface area contributed by atoms with Gasteiger partial charge < -0.3 is 46.6 Å². The molecule has 3 aromatic rings. The largest absolute Gasteiger partial charge is 0.351 e. The van der Waals surface area contributed by atoms with Gasteiger partial charge in [0.1, 0.15) is 24.2 Å². The predicted octanol–water partition coefficient (Wildman–Crippen LogP) is 5.15. The summed E-state index contributed by atoms with van der Waals surface area (Å²) >= 11 is 0. The van der Waals surface area contributed by atoms with Crippen molar-refractivity contribution in [1.29, 1.82) is 0 Å². The Morgan fingerprint density at radius 2 is 1.28 bits per heavy atom. The van der Waals surface area contributed by atoms with Gasteiger partial charge in [-0.15, -0.1) is 0 Å². The number of carbonyl (C=O) groups excluding carboxylic acids is 7. The van der Waals surface area contributed by atoms with E-state index in [9.17, 15) is 19.2 Å². The first-order valence-corrected chi connectivity index (χ1v) is 26.9. The maximum Gasteiger partial charge on any atom is 0.246 e. The number of fused-ring (bicyclic) bond motifs is 2. The number of hydrogen-bond donors (Lipinski definition) is 6. The zero-order valence-electron chi connectivity index (χ0n) is 46.1. The average molecular weight is 1050 g/mol. The molecular weight excluding hydrogens is 973 g/mol. The molecule has 76 heavy (non-hydrogen) atoms. The third-order valence-electron chi connectivity index (χ3n) is 16.2. The van der Waals surface area contributed by atoms with Crippen LogP contribution in [0.25, 0.3) is 0 Å². The van der Waals surface area contributed by atoms with Gasteiger partial charge in [0.15, 0.2) is 11.6 Å². The van der Waals surface area contributed by atoms with E-state index in [2.05, 4.69) is 31.9 Å². The van der Waals surface area contributed by atoms with Crippen molar-refractivity contribution in [3.63, 3.8) is 0 Å². The van der Waals surface area contributed by atoms with Crippen LogP contribution in [0.2, 0.25) is 0 Å². The number of benzene rings is 3. The van der Waals surface area contributed by atoms with E-state index in [0.717, 1.165) is 41.2 Å². The van der Waals surface area contributed by atoms with Gasteiger partial charge >= 0.3 is 0 Å². The lowest BCUT2D eigenvalue weighted by Crippen LogP contribution is -2.62. The summed E-state index contributed by atoms with van der Waals surface area (Å²) in [6.07, 6.45) is 3.19. The lowest BCUT2D eigenvalue weighted by atomic mass is 9.84. The first-order valence-electron chi connectivity index (χ1n) is 26.9. The van der Waals surface area contributed by atoms with Crippen LogP contribution in [-0.2, 0) is 52.9 Å². The number of rotatable bonds is 17. The molecule has 7 amide bonds. The van der Waals surface area contributed by atoms with Gasteiger partial charge in [0.05, 0.1) is 29.6 Å². The van der Waals surface area contributed by atoms with Crippen LogP contribution < -0.4 is 31.9 Å². The highest BCUT2D eigenvalue weighted by Gasteiger charge is 2.55. The van der Waals surface area contributed by atoms with Crippen LogP contribution in [0.5, 0.6) is 0 Å². The summed E-state index contributed by atoms with van der Waals surface area (Å²) < 4.78 is 31.0. The number of halogens is 2. The fraction of sp³-hybridized carbons (Fsp3) is 0.569. The first kappa shape index (κ1) is 57.4. The minimum atomic E-state index is -1.23. The van der Waals surface area contributed by atoms with Gasteiger partial charge in [-0.2, -0.15) is 0 Å². The number of amides is 7. The molecule has 0 aromatic heterocycles. The molecule has 3 aromatic carbocycles. The summed E-state index contributed by atoms with van der Waals surface area (Å²) in [5, 5.41) is 18.0. The zero-order chi connectivity index (χ0) is 55.6. The molecule has 0 spiro atoms. The molecule has 18 heteroatoms. The maximum atomic E-state index is 15.9. The molecule has 0 bridgehead atoms. The molecule has 2 aliphatic heterocycles. The SMILES string of the molecule is CN[C@@H](C)C(=O)N[C@H](C(=O)N1C[C@@H](NC(=O)C2(CN(C(=O)[C@@H]3Cc4ccccc4CN3C(=O)[C@@H](NC(=O)[C@H](C)NC)C(C)(C)C)[C@H](C)c3cccc(F)c3F)CC2)C[C@H]1C(=O)N[C@@H]1CCCc2ccccc21)C(C)(C)C. The Hall–Kier alpha value is -6.27. The van der Waals surface area contributed by atoms with Crippen molar-refractivity contribution in [3.8, 4) is 0 Å². The normalized spacial score (nSPS) is 21.9. The van der Waals surface area contributed by atoms with E-state index in [1.54, 1.807) is 34.9 Å². The third-order valence-corrected chi connectivity index (χ3v) is 16.2. The van der Waals surface area contributed by atoms with Crippen LogP contribution in [-0.4, -0.2) is 126 Å². The monoisotopic (exact) mass is 1050 g/mol. The molecule has 0 unspecified atom stereocenters. The van der Waals surface area contributed by atoms with E-state index < -0.39 is 118 Å². The highest BCUT2D eigenvalue weighted by atomic mass is 19.2. The topological polar surface area (TPSA) is 201 Å². The smallest absolute Gasteiger partial charge is 0.246 e. The summed E-state index contributed by atoms with van der Waals surface area (Å²) in [7, 11) is 3.27. The van der Waals surface area contributed by atoms with E-state index in [0.29, 0.717) is 19.3 Å². The first-order chi connectivity index (χ1) is 35.8. The number of likely N-dealkylation sites (tertiary alicyclic amines) is 1. The van der Waals surface area contributed by atoms with E-state index in [1.807, 2.05) is 90.1 Å². The summed E-state index contributed by atoms with van der Waals surface area (Å²) in [4.78, 5) is 106. The average Bonchev–Trinajstić information content (AvgIpc) is 4.07. The van der Waals surface area contributed by atoms with Gasteiger partial charge in [-0.05, 0) is 113 Å². The molecule has 412 valence electrons. The number of likely N-dealkylation sites (N-methyl/N-ethyl adjacent to an activating group) is 2. The second-order valence-electron chi connectivity index (χ2n) is 23.7. The highest BCUT2D eigenvalue weighted by Crippen LogP contribution is 2.49. The van der Waals surface area contributed by atoms with Crippen molar-refractivity contribution in [1.82, 2.24) is 46.6 Å². The molecular formula is C58H79F2N9O7. The third kappa shape index (κ3) is 12.4. The summed E-state index contributed by atoms with van der Waals surface area (Å²) in [6, 6.07) is 11.4. The van der Waals surface area contributed by atoms with Gasteiger partial charge in [-0.3, -0.25) is 33.6 Å². The summed E-state index contributed by atoms with van der Waals surface area (Å²) in [5.74, 6) is -5.49. The number of nitrogens with zero attached hydrogens (tertiary/aromatic N) is 3. The standard InChI is InChI=1S/C58H79F2N9O7/c1-33(61-10)49(70)65-47(56(4,5)6)53(74)67-30-38-20-13-12-19-37(38)28-45(67)52(73)69(35(3)40-23-17-24-42(59)46(40)60)32-58(26-27-58)55(76)63-39-29-44(51(72)64-43-25-16-21-36-18-14-15-22-41(36)43)68(31-39)54(75)48(57(7,8)9)66-50(71)34(2)62-11/h12-15,17-20,22-24,33-35,39,43-45,47-48,61-62H,16,21,25-32H2,1-11H3,(H,63,76)(H,64,72)(H,65,70)(H,66,71)/t33-,34-,35+,39-,43+,44-,45-,47+,48+/m0/s1. The van der Waals surface area contributed by atoms with Gasteiger partial charge in [0.25, 0.3) is 0 Å². The van der Waals surface area contributed by atoms with Gasteiger partial charge in [-0.25, -0.2) is 8.78 Å². The summed E-state index contributed by atoms with van der Waals surface area (Å²) in [6.45, 7) is 15.6. The van der Waals surface area contributed by atoms with E-state index in [1.165, 1.54) is 26.8 Å². The second-order valence-corrected chi connectivity index (χ2v) is 23.7. The van der Waals surface area contributed by atoms with Crippen molar-refractivity contribution in [2.75, 3.05) is 27.2 Å². The molecule has 2 fully saturated rings. The highest BCUT2D eigenvalue weighted by molar-refractivity contribution is 5.96. The number of carbonyl (C=O) groups is 7. The second kappa shape index (κ2) is 23.1. The fourth-order valence-electron chi connectivity index (χ4n) is 10.9. The molecule has 2 heterocycles. The van der Waals surface area contributed by atoms with Crippen molar-refractivity contribution in [2.24, 2.45) is 16.2 Å². The van der Waals surface area contributed by atoms with Crippen LogP contribution >= 0.6 is 0 Å². The predicted molar refractivity (Wildman–Crippen MR) is 285 cm³/mol. The minimum Gasteiger partial charge on any atom is -0.351 e. The van der Waals surface area contributed by atoms with Crippen molar-refractivity contribution >= 4 is 41.4 Å². The number of hydrogen-bond acceptors (Lipinski definition) is 9. The lowest BCUT2D eigenvalue weighted by molar-refractivity contribution is -0.153. The van der Waals surface area contributed by atoms with Crippen LogP contribution in [0.15, 0.2) is 66.7 Å². The Balaban J connectivity index is 1.21. The molecule has 9 atom stereocenters. The Labute approximate surface area is 446 Å². The molecule has 0 radical (unpaired) electrons. The molecule has 1 saturated carbocycles. The number of aryl methyl sites for hydroxylation is 1. The van der Waals surface area contributed by atoms with Crippen LogP contribution in [0, 0.1) is 27.9 Å². The molecule has 1 saturated heterocycles. The van der Waals surface area contributed by atoms with Gasteiger partial charge in [0.2, 0.25) is 41.4 Å². The van der Waals surface area contributed by atoms with Gasteiger partial charge in [0, 0.05) is 37.7 Å². The Bertz CT molecular complexity index is 2680. The van der Waals surface area contributed by atoms with E-state index >= 15 is 23.2 Å². The van der Waals surface area contributed by atoms with E-state index in [-0.39, 0.29) is 44.1 Å². The quantitative estimate of drug-likeness (QED) is 0.106. The minimum absolute atomic E-state index is 0.0186. The Morgan fingerprint density at radius 3 is 1.86 bits per heavy atom. The van der Waals surface area contributed by atoms with Crippen molar-refractivity contribution in [2.45, 2.75) is 168 Å². The Kier molecular flexibility index (Phi) is 17.5. The maximum absolute atomic E-state index is 15.9. The molecule has 6 N–H and O–H groups in total. The van der Waals surface area contributed by atoms with Crippen molar-refractivity contribution in [3.05, 3.63) is 106 Å². The van der Waals surface area contributed by atoms with Crippen LogP contribution in [0.1, 0.15) is 134 Å². The fourth-order valence-corrected chi connectivity index (χ4v) is 10.9. The molecule has 4 aliphatic rings. The summed E-state index contributed by atoms with van der Waals surface area (Å²) in [5.41, 5.74) is 0.812. The van der Waals surface area contributed by atoms with Gasteiger partial charge in [-0.1, -0.05) is 102 Å². The Morgan fingerprint density at radius 1 is 0.711 bits per heavy atom. The van der Waals surface area contributed by atoms with Crippen LogP contribution in [0.3, 0.4) is 0 Å². The molecule has 2 aliphatic carbocycles. The van der Waals surface area contributed by atoms with Crippen LogP contribution in [0.4, 0.5) is 8.78 Å². The molecule has 16 nitrogen and oxygen atoms in total. The lowest BCUT2D eigenvalue weighted by Gasteiger charge is -2.44. The zero-order valence-corrected chi connectivity index (χ0v) is 46.1. The number of nitrogens with one attached hydrogen (secondary N) is 6. The molecule has 7 rings (SSSR count). The van der Waals surface area contributed by atoms with Crippen molar-refractivity contribution < 1.29 is 42.3 Å².